The van der Waals surface area contributed by atoms with Crippen LogP contribution in [0.5, 0.6) is 11.5 Å². The zero-order chi connectivity index (χ0) is 13.8. The van der Waals surface area contributed by atoms with Crippen LogP contribution in [-0.4, -0.2) is 31.9 Å². The van der Waals surface area contributed by atoms with Gasteiger partial charge in [0.1, 0.15) is 0 Å². The predicted octanol–water partition coefficient (Wildman–Crippen LogP) is 3.67. The maximum Gasteiger partial charge on any atom is 0.231 e. The maximum atomic E-state index is 5.87. The van der Waals surface area contributed by atoms with Crippen LogP contribution in [0.2, 0.25) is 0 Å². The fraction of sp³-hybridized carbons (Fsp3) is 0.538. The summed E-state index contributed by atoms with van der Waals surface area (Å²) in [7, 11) is 1.66. The summed E-state index contributed by atoms with van der Waals surface area (Å²) in [6.45, 7) is 3.43. The van der Waals surface area contributed by atoms with Gasteiger partial charge in [-0.25, -0.2) is 0 Å². The number of alkyl halides is 1. The molecule has 1 aromatic rings. The lowest BCUT2D eigenvalue weighted by Crippen LogP contribution is -2.16. The second-order valence-electron chi connectivity index (χ2n) is 4.19. The number of methoxy groups -OCH3 is 1. The molecule has 0 spiro atoms. The summed E-state index contributed by atoms with van der Waals surface area (Å²) < 4.78 is 22.6. The van der Waals surface area contributed by atoms with Gasteiger partial charge in [-0.05, 0) is 19.1 Å². The Morgan fingerprint density at radius 3 is 2.58 bits per heavy atom. The van der Waals surface area contributed by atoms with Crippen molar-refractivity contribution in [1.82, 2.24) is 0 Å². The van der Waals surface area contributed by atoms with Crippen LogP contribution in [0.4, 0.5) is 0 Å². The van der Waals surface area contributed by atoms with Crippen molar-refractivity contribution in [3.8, 4) is 11.5 Å². The second kappa shape index (κ2) is 6.92. The molecule has 2 atom stereocenters. The van der Waals surface area contributed by atoms with E-state index in [4.69, 9.17) is 18.9 Å². The molecule has 0 aliphatic carbocycles. The normalized spacial score (nSPS) is 16.4. The number of hydrogen-bond acceptors (Lipinski definition) is 4. The summed E-state index contributed by atoms with van der Waals surface area (Å²) in [5, 5.41) is 0. The van der Waals surface area contributed by atoms with E-state index >= 15 is 0 Å². The lowest BCUT2D eigenvalue weighted by atomic mass is 10.1. The minimum absolute atomic E-state index is 0.0842. The van der Waals surface area contributed by atoms with E-state index in [2.05, 4.69) is 38.8 Å². The van der Waals surface area contributed by atoms with Gasteiger partial charge in [0.05, 0.1) is 19.3 Å². The first-order valence-electron chi connectivity index (χ1n) is 5.97. The highest BCUT2D eigenvalue weighted by Crippen LogP contribution is 2.41. The second-order valence-corrected chi connectivity index (χ2v) is 6.49. The van der Waals surface area contributed by atoms with Crippen LogP contribution in [0.1, 0.15) is 18.6 Å². The highest BCUT2D eigenvalue weighted by Gasteiger charge is 2.24. The molecule has 1 aliphatic heterocycles. The Labute approximate surface area is 129 Å². The molecule has 0 aromatic heterocycles. The number of rotatable bonds is 6. The maximum absolute atomic E-state index is 5.87. The average molecular weight is 396 g/mol. The van der Waals surface area contributed by atoms with Crippen molar-refractivity contribution in [3.05, 3.63) is 22.2 Å². The Morgan fingerprint density at radius 2 is 1.95 bits per heavy atom. The number of halogens is 2. The zero-order valence-corrected chi connectivity index (χ0v) is 14.0. The molecular formula is C13H16Br2O4. The lowest BCUT2D eigenvalue weighted by molar-refractivity contribution is 0.0177. The molecule has 1 aromatic carbocycles. The molecule has 2 rings (SSSR count). The van der Waals surface area contributed by atoms with Crippen molar-refractivity contribution in [2.45, 2.75) is 17.9 Å². The molecule has 1 aliphatic rings. The van der Waals surface area contributed by atoms with E-state index in [1.54, 1.807) is 7.11 Å². The molecule has 0 saturated heterocycles. The van der Waals surface area contributed by atoms with E-state index in [-0.39, 0.29) is 17.7 Å². The first kappa shape index (κ1) is 15.1. The van der Waals surface area contributed by atoms with Crippen LogP contribution in [-0.2, 0) is 9.47 Å². The minimum atomic E-state index is -0.0842. The Balaban J connectivity index is 2.21. The van der Waals surface area contributed by atoms with Gasteiger partial charge in [0.15, 0.2) is 11.5 Å². The van der Waals surface area contributed by atoms with Gasteiger partial charge in [-0.1, -0.05) is 31.9 Å². The summed E-state index contributed by atoms with van der Waals surface area (Å²) in [5.41, 5.74) is 1.03. The molecule has 2 unspecified atom stereocenters. The van der Waals surface area contributed by atoms with Crippen LogP contribution in [0, 0.1) is 0 Å². The van der Waals surface area contributed by atoms with Gasteiger partial charge < -0.3 is 18.9 Å². The summed E-state index contributed by atoms with van der Waals surface area (Å²) in [5.74, 6) is 1.51. The molecule has 0 saturated carbocycles. The van der Waals surface area contributed by atoms with Crippen LogP contribution in [0.3, 0.4) is 0 Å². The minimum Gasteiger partial charge on any atom is -0.454 e. The fourth-order valence-corrected chi connectivity index (χ4v) is 2.86. The third-order valence-electron chi connectivity index (χ3n) is 2.80. The number of benzene rings is 1. The van der Waals surface area contributed by atoms with Crippen molar-refractivity contribution in [2.24, 2.45) is 0 Å². The molecule has 0 fully saturated rings. The van der Waals surface area contributed by atoms with Gasteiger partial charge in [-0.15, -0.1) is 0 Å². The van der Waals surface area contributed by atoms with E-state index in [1.807, 2.05) is 12.1 Å². The molecule has 0 N–H and O–H groups in total. The van der Waals surface area contributed by atoms with Crippen molar-refractivity contribution in [3.63, 3.8) is 0 Å². The van der Waals surface area contributed by atoms with Crippen molar-refractivity contribution in [2.75, 3.05) is 27.1 Å². The van der Waals surface area contributed by atoms with Crippen LogP contribution in [0.25, 0.3) is 0 Å². The van der Waals surface area contributed by atoms with E-state index in [0.717, 1.165) is 21.5 Å². The van der Waals surface area contributed by atoms with E-state index in [9.17, 15) is 0 Å². The first-order chi connectivity index (χ1) is 9.13. The Kier molecular flexibility index (Phi) is 5.50. The van der Waals surface area contributed by atoms with Gasteiger partial charge in [0.2, 0.25) is 6.79 Å². The molecule has 0 amide bonds. The monoisotopic (exact) mass is 394 g/mol. The van der Waals surface area contributed by atoms with Gasteiger partial charge in [0.25, 0.3) is 0 Å². The largest absolute Gasteiger partial charge is 0.454 e. The summed E-state index contributed by atoms with van der Waals surface area (Å²) >= 11 is 7.15. The summed E-state index contributed by atoms with van der Waals surface area (Å²) in [4.78, 5) is 0.168. The van der Waals surface area contributed by atoms with Crippen LogP contribution in [0.15, 0.2) is 16.6 Å². The summed E-state index contributed by atoms with van der Waals surface area (Å²) in [6.07, 6.45) is -0.0842. The number of fused-ring (bicyclic) bond motifs is 1. The topological polar surface area (TPSA) is 36.9 Å². The quantitative estimate of drug-likeness (QED) is 0.544. The molecular weight excluding hydrogens is 380 g/mol. The molecule has 106 valence electrons. The molecule has 4 nitrogen and oxygen atoms in total. The first-order valence-corrected chi connectivity index (χ1v) is 7.68. The molecule has 0 radical (unpaired) electrons. The Bertz CT molecular complexity index is 437. The number of hydrogen-bond donors (Lipinski definition) is 0. The smallest absolute Gasteiger partial charge is 0.231 e. The van der Waals surface area contributed by atoms with Gasteiger partial charge in [-0.3, -0.25) is 0 Å². The standard InChI is InChI=1S/C13H16Br2O4/c1-8(14)13(17-4-3-16-2)9-5-11-12(6-10(9)15)19-7-18-11/h5-6,8,13H,3-4,7H2,1-2H3. The van der Waals surface area contributed by atoms with Crippen molar-refractivity contribution in [1.29, 1.82) is 0 Å². The Morgan fingerprint density at radius 1 is 1.26 bits per heavy atom. The van der Waals surface area contributed by atoms with E-state index in [0.29, 0.717) is 13.2 Å². The van der Waals surface area contributed by atoms with E-state index in [1.165, 1.54) is 0 Å². The highest BCUT2D eigenvalue weighted by atomic mass is 79.9. The highest BCUT2D eigenvalue weighted by molar-refractivity contribution is 9.10. The third kappa shape index (κ3) is 3.62. The zero-order valence-electron chi connectivity index (χ0n) is 10.8. The number of ether oxygens (including phenoxy) is 4. The molecule has 19 heavy (non-hydrogen) atoms. The lowest BCUT2D eigenvalue weighted by Gasteiger charge is -2.22. The van der Waals surface area contributed by atoms with Gasteiger partial charge in [-0.2, -0.15) is 0 Å². The molecule has 0 bridgehead atoms. The molecule has 1 heterocycles. The SMILES string of the molecule is COCCOC(c1cc2c(cc1Br)OCO2)C(C)Br. The van der Waals surface area contributed by atoms with Crippen LogP contribution < -0.4 is 9.47 Å². The van der Waals surface area contributed by atoms with Gasteiger partial charge in [0, 0.05) is 22.0 Å². The van der Waals surface area contributed by atoms with Crippen molar-refractivity contribution >= 4 is 31.9 Å². The fourth-order valence-electron chi connectivity index (χ4n) is 1.88. The Hall–Kier alpha value is -0.300. The summed E-state index contributed by atoms with van der Waals surface area (Å²) in [6, 6.07) is 3.88. The molecule has 6 heteroatoms. The third-order valence-corrected chi connectivity index (χ3v) is 3.97. The predicted molar refractivity (Wildman–Crippen MR) is 79.2 cm³/mol. The van der Waals surface area contributed by atoms with E-state index < -0.39 is 0 Å². The van der Waals surface area contributed by atoms with Crippen LogP contribution >= 0.6 is 31.9 Å². The average Bonchev–Trinajstić information content (AvgIpc) is 2.80. The van der Waals surface area contributed by atoms with Crippen molar-refractivity contribution < 1.29 is 18.9 Å². The van der Waals surface area contributed by atoms with Gasteiger partial charge >= 0.3 is 0 Å².